The van der Waals surface area contributed by atoms with Crippen LogP contribution >= 0.6 is 0 Å². The summed E-state index contributed by atoms with van der Waals surface area (Å²) in [4.78, 5) is 11.8. The Hall–Kier alpha value is -4.38. The molecule has 0 amide bonds. The topological polar surface area (TPSA) is 73.9 Å². The smallest absolute Gasteiger partial charge is 0.416 e. The Bertz CT molecular complexity index is 1310. The van der Waals surface area contributed by atoms with E-state index in [2.05, 4.69) is 0 Å². The number of ether oxygens (including phenoxy) is 1. The second-order valence-electron chi connectivity index (χ2n) is 6.39. The second-order valence-corrected chi connectivity index (χ2v) is 6.39. The molecular weight excluding hydrogens is 457 g/mol. The average molecular weight is 464 g/mol. The normalized spacial score (nSPS) is 14.9. The maximum atomic E-state index is 14.5. The molecule has 0 N–H and O–H groups in total. The predicted octanol–water partition coefficient (Wildman–Crippen LogP) is 5.51. The molecule has 2 aromatic rings. The lowest BCUT2D eigenvalue weighted by atomic mass is 9.94. The molecule has 33 heavy (non-hydrogen) atoms. The maximum absolute atomic E-state index is 14.5. The lowest BCUT2D eigenvalue weighted by Crippen LogP contribution is -2.11. The van der Waals surface area contributed by atoms with Crippen LogP contribution in [0.1, 0.15) is 16.7 Å². The highest BCUT2D eigenvalue weighted by Crippen LogP contribution is 2.35. The van der Waals surface area contributed by atoms with Crippen LogP contribution in [0.3, 0.4) is 0 Å². The Morgan fingerprint density at radius 1 is 0.879 bits per heavy atom. The van der Waals surface area contributed by atoms with E-state index >= 15 is 0 Å². The number of halogens is 7. The molecule has 0 atom stereocenters. The van der Waals surface area contributed by atoms with Crippen molar-refractivity contribution >= 4 is 11.4 Å². The molecule has 11 heteroatoms. The molecule has 0 saturated carbocycles. The van der Waals surface area contributed by atoms with Crippen molar-refractivity contribution in [3.8, 4) is 17.9 Å². The molecule has 0 spiro atoms. The van der Waals surface area contributed by atoms with Crippen molar-refractivity contribution in [2.45, 2.75) is 6.18 Å². The van der Waals surface area contributed by atoms with Gasteiger partial charge < -0.3 is 4.74 Å². The number of alkyl halides is 3. The van der Waals surface area contributed by atoms with Crippen molar-refractivity contribution in [3.63, 3.8) is 0 Å². The van der Waals surface area contributed by atoms with Crippen LogP contribution in [0.5, 0.6) is 5.75 Å². The van der Waals surface area contributed by atoms with E-state index in [1.54, 1.807) is 0 Å². The van der Waals surface area contributed by atoms with Crippen LogP contribution in [-0.4, -0.2) is 5.78 Å². The lowest BCUT2D eigenvalue weighted by molar-refractivity contribution is -0.137. The van der Waals surface area contributed by atoms with Gasteiger partial charge >= 0.3 is 6.18 Å². The molecule has 0 aliphatic heterocycles. The molecule has 0 unspecified atom stereocenters. The van der Waals surface area contributed by atoms with Crippen LogP contribution in [0.15, 0.2) is 53.8 Å². The summed E-state index contributed by atoms with van der Waals surface area (Å²) in [5.41, 5.74) is -5.48. The van der Waals surface area contributed by atoms with Crippen molar-refractivity contribution in [2.75, 3.05) is 0 Å². The quantitative estimate of drug-likeness (QED) is 0.341. The van der Waals surface area contributed by atoms with Gasteiger partial charge in [-0.05, 0) is 36.4 Å². The standard InChI is InChI=1S/C22H7F7N2O2/c23-18-15(9-31)19(24)21(26)17(20(18)25)14(8-30)13-6-3-11(32)7-16(13)33-12-4-1-10(2-5-12)22(27,28)29/h1-7H/b14-13+. The van der Waals surface area contributed by atoms with E-state index in [-0.39, 0.29) is 5.75 Å². The number of hydrogen-bond donors (Lipinski definition) is 0. The third kappa shape index (κ3) is 4.34. The largest absolute Gasteiger partial charge is 0.457 e. The lowest BCUT2D eigenvalue weighted by Gasteiger charge is -2.17. The van der Waals surface area contributed by atoms with Crippen LogP contribution in [0.4, 0.5) is 30.7 Å². The molecule has 0 heterocycles. The molecule has 1 aliphatic rings. The number of ketones is 1. The van der Waals surface area contributed by atoms with Gasteiger partial charge in [0.2, 0.25) is 0 Å². The van der Waals surface area contributed by atoms with Crippen molar-refractivity contribution in [2.24, 2.45) is 0 Å². The van der Waals surface area contributed by atoms with Crippen LogP contribution in [0, 0.1) is 45.9 Å². The highest BCUT2D eigenvalue weighted by molar-refractivity contribution is 6.03. The number of hydrogen-bond acceptors (Lipinski definition) is 4. The number of nitrogens with zero attached hydrogens (tertiary/aromatic N) is 2. The van der Waals surface area contributed by atoms with Gasteiger partial charge in [0.05, 0.1) is 16.7 Å². The van der Waals surface area contributed by atoms with E-state index in [9.17, 15) is 40.8 Å². The van der Waals surface area contributed by atoms with E-state index in [0.29, 0.717) is 12.1 Å². The summed E-state index contributed by atoms with van der Waals surface area (Å²) in [7, 11) is 0. The van der Waals surface area contributed by atoms with E-state index in [1.165, 1.54) is 6.07 Å². The fourth-order valence-corrected chi connectivity index (χ4v) is 2.83. The summed E-state index contributed by atoms with van der Waals surface area (Å²) in [6.45, 7) is 0. The molecule has 0 radical (unpaired) electrons. The fraction of sp³-hybridized carbons (Fsp3) is 0.0455. The summed E-state index contributed by atoms with van der Waals surface area (Å²) in [6, 6.07) is 5.44. The van der Waals surface area contributed by atoms with Gasteiger partial charge in [-0.25, -0.2) is 17.6 Å². The van der Waals surface area contributed by atoms with E-state index in [4.69, 9.17) is 10.00 Å². The van der Waals surface area contributed by atoms with Gasteiger partial charge in [-0.1, -0.05) is 0 Å². The minimum Gasteiger partial charge on any atom is -0.457 e. The number of allylic oxidation sites excluding steroid dienone is 4. The number of nitriles is 2. The first-order valence-electron chi connectivity index (χ1n) is 8.69. The second kappa shape index (κ2) is 8.63. The zero-order chi connectivity index (χ0) is 24.5. The first-order chi connectivity index (χ1) is 15.5. The Labute approximate surface area is 180 Å². The van der Waals surface area contributed by atoms with Gasteiger partial charge in [0.1, 0.15) is 29.2 Å². The molecular formula is C22H7F7N2O2. The van der Waals surface area contributed by atoms with Gasteiger partial charge in [0.25, 0.3) is 0 Å². The highest BCUT2D eigenvalue weighted by Gasteiger charge is 2.31. The van der Waals surface area contributed by atoms with Crippen molar-refractivity contribution in [3.05, 3.63) is 93.8 Å². The fourth-order valence-electron chi connectivity index (χ4n) is 2.83. The zero-order valence-corrected chi connectivity index (χ0v) is 15.9. The Kier molecular flexibility index (Phi) is 6.09. The number of carbonyl (C=O) groups is 1. The summed E-state index contributed by atoms with van der Waals surface area (Å²) >= 11 is 0. The summed E-state index contributed by atoms with van der Waals surface area (Å²) in [5, 5.41) is 18.2. The maximum Gasteiger partial charge on any atom is 0.416 e. The minimum atomic E-state index is -4.64. The third-order valence-corrected chi connectivity index (χ3v) is 4.37. The molecule has 166 valence electrons. The molecule has 0 aromatic heterocycles. The van der Waals surface area contributed by atoms with Crippen LogP contribution in [-0.2, 0) is 11.0 Å². The summed E-state index contributed by atoms with van der Waals surface area (Å²) in [5.74, 6) is -9.62. The van der Waals surface area contributed by atoms with Crippen molar-refractivity contribution < 1.29 is 40.3 Å². The Morgan fingerprint density at radius 3 is 1.94 bits per heavy atom. The molecule has 0 fully saturated rings. The van der Waals surface area contributed by atoms with Crippen LogP contribution < -0.4 is 4.74 Å². The van der Waals surface area contributed by atoms with E-state index in [1.807, 2.05) is 0 Å². The SMILES string of the molecule is N#C/C(=C1/C=CC(=O)C=C1Oc1ccc(C(F)(F)F)cc1)c1c(F)c(F)c(C#N)c(F)c1F. The van der Waals surface area contributed by atoms with Gasteiger partial charge in [-0.15, -0.1) is 0 Å². The van der Waals surface area contributed by atoms with Gasteiger partial charge in [-0.3, -0.25) is 4.79 Å². The molecule has 3 rings (SSSR count). The minimum absolute atomic E-state index is 0.245. The monoisotopic (exact) mass is 464 g/mol. The number of rotatable bonds is 3. The molecule has 4 nitrogen and oxygen atoms in total. The molecule has 0 bridgehead atoms. The number of benzene rings is 2. The molecule has 0 saturated heterocycles. The first-order valence-corrected chi connectivity index (χ1v) is 8.69. The van der Waals surface area contributed by atoms with Crippen LogP contribution in [0.2, 0.25) is 0 Å². The van der Waals surface area contributed by atoms with Crippen molar-refractivity contribution in [1.29, 1.82) is 10.5 Å². The summed E-state index contributed by atoms with van der Waals surface area (Å²) in [6.07, 6.45) is -2.14. The van der Waals surface area contributed by atoms with E-state index in [0.717, 1.165) is 36.4 Å². The van der Waals surface area contributed by atoms with E-state index < -0.39 is 68.8 Å². The molecule has 2 aromatic carbocycles. The van der Waals surface area contributed by atoms with Gasteiger partial charge in [0.15, 0.2) is 29.1 Å². The predicted molar refractivity (Wildman–Crippen MR) is 97.8 cm³/mol. The highest BCUT2D eigenvalue weighted by atomic mass is 19.4. The number of carbonyl (C=O) groups excluding carboxylic acids is 1. The van der Waals surface area contributed by atoms with Gasteiger partial charge in [-0.2, -0.15) is 23.7 Å². The van der Waals surface area contributed by atoms with Crippen molar-refractivity contribution in [1.82, 2.24) is 0 Å². The van der Waals surface area contributed by atoms with Gasteiger partial charge in [0, 0.05) is 11.6 Å². The Balaban J connectivity index is 2.16. The molecule has 1 aliphatic carbocycles. The Morgan fingerprint density at radius 2 is 1.45 bits per heavy atom. The summed E-state index contributed by atoms with van der Waals surface area (Å²) < 4.78 is 101. The third-order valence-electron chi connectivity index (χ3n) is 4.37. The zero-order valence-electron chi connectivity index (χ0n) is 15.9. The van der Waals surface area contributed by atoms with Crippen LogP contribution in [0.25, 0.3) is 5.57 Å². The average Bonchev–Trinajstić information content (AvgIpc) is 2.76. The first kappa shape index (κ1) is 23.3.